The van der Waals surface area contributed by atoms with Crippen LogP contribution in [0.5, 0.6) is 0 Å². The molecule has 3 nitrogen and oxygen atoms in total. The van der Waals surface area contributed by atoms with E-state index < -0.39 is 0 Å². The number of hydrogen-bond acceptors (Lipinski definition) is 2. The number of rotatable bonds is 1. The second kappa shape index (κ2) is 4.30. The van der Waals surface area contributed by atoms with Gasteiger partial charge in [-0.2, -0.15) is 4.99 Å². The Labute approximate surface area is 69.2 Å². The highest BCUT2D eigenvalue weighted by atomic mass is 35.5. The summed E-state index contributed by atoms with van der Waals surface area (Å²) in [6.07, 6.45) is 0. The third-order valence-electron chi connectivity index (χ3n) is 0.696. The van der Waals surface area contributed by atoms with Gasteiger partial charge in [-0.25, -0.2) is 4.99 Å². The van der Waals surface area contributed by atoms with Gasteiger partial charge < -0.3 is 5.73 Å². The number of nitrogens with zero attached hydrogens (tertiary/aromatic N) is 2. The second-order valence-corrected chi connectivity index (χ2v) is 2.36. The molecule has 0 unspecified atom stereocenters. The molecule has 0 aromatic heterocycles. The smallest absolute Gasteiger partial charge is 0.223 e. The lowest BCUT2D eigenvalue weighted by atomic mass is 10.6. The molecule has 0 spiro atoms. The van der Waals surface area contributed by atoms with Gasteiger partial charge in [0, 0.05) is 0 Å². The van der Waals surface area contributed by atoms with Gasteiger partial charge in [0.1, 0.15) is 5.82 Å². The maximum absolute atomic E-state index is 5.46. The average molecular weight is 180 g/mol. The SMILES string of the molecule is C=N/C(Cl)=N\C(N)=C(/C)Cl. The minimum atomic E-state index is -0.0162. The fraction of sp³-hybridized carbons (Fsp3) is 0.200. The molecular formula is C5H7Cl2N3. The van der Waals surface area contributed by atoms with E-state index in [9.17, 15) is 0 Å². The summed E-state index contributed by atoms with van der Waals surface area (Å²) >= 11 is 10.8. The highest BCUT2D eigenvalue weighted by molar-refractivity contribution is 6.65. The quantitative estimate of drug-likeness (QED) is 0.372. The topological polar surface area (TPSA) is 50.7 Å². The van der Waals surface area contributed by atoms with Crippen LogP contribution in [-0.4, -0.2) is 12.0 Å². The summed E-state index contributed by atoms with van der Waals surface area (Å²) in [5.74, 6) is 0.152. The highest BCUT2D eigenvalue weighted by Crippen LogP contribution is 2.04. The Hall–Kier alpha value is -0.540. The van der Waals surface area contributed by atoms with Crippen LogP contribution in [0.25, 0.3) is 0 Å². The lowest BCUT2D eigenvalue weighted by molar-refractivity contribution is 1.21. The number of hydrogen-bond donors (Lipinski definition) is 1. The number of aliphatic imine (C=N–C) groups is 2. The molecule has 0 atom stereocenters. The van der Waals surface area contributed by atoms with Crippen molar-refractivity contribution < 1.29 is 0 Å². The molecule has 0 bridgehead atoms. The summed E-state index contributed by atoms with van der Waals surface area (Å²) in [4.78, 5) is 6.88. The number of allylic oxidation sites excluding steroid dienone is 1. The second-order valence-electron chi connectivity index (χ2n) is 1.46. The summed E-state index contributed by atoms with van der Waals surface area (Å²) in [5, 5.41) is 0.360. The van der Waals surface area contributed by atoms with Crippen molar-refractivity contribution in [1.82, 2.24) is 0 Å². The van der Waals surface area contributed by atoms with Gasteiger partial charge in [0.2, 0.25) is 5.29 Å². The van der Waals surface area contributed by atoms with E-state index >= 15 is 0 Å². The first kappa shape index (κ1) is 9.46. The van der Waals surface area contributed by atoms with E-state index in [0.29, 0.717) is 5.03 Å². The van der Waals surface area contributed by atoms with Crippen LogP contribution in [0.2, 0.25) is 0 Å². The maximum atomic E-state index is 5.46. The molecule has 0 radical (unpaired) electrons. The van der Waals surface area contributed by atoms with Gasteiger partial charge in [-0.3, -0.25) is 0 Å². The van der Waals surface area contributed by atoms with Crippen LogP contribution in [-0.2, 0) is 0 Å². The number of nitrogens with two attached hydrogens (primary N) is 1. The van der Waals surface area contributed by atoms with Gasteiger partial charge in [-0.05, 0) is 25.2 Å². The third kappa shape index (κ3) is 3.48. The van der Waals surface area contributed by atoms with Crippen molar-refractivity contribution in [2.24, 2.45) is 15.7 Å². The molecule has 0 heterocycles. The summed E-state index contributed by atoms with van der Waals surface area (Å²) in [7, 11) is 0. The first-order valence-electron chi connectivity index (χ1n) is 2.40. The highest BCUT2D eigenvalue weighted by Gasteiger charge is 1.92. The maximum Gasteiger partial charge on any atom is 0.223 e. The molecule has 0 aliphatic heterocycles. The summed E-state index contributed by atoms with van der Waals surface area (Å²) in [6, 6.07) is 0. The van der Waals surface area contributed by atoms with Gasteiger partial charge in [-0.1, -0.05) is 11.6 Å². The molecule has 0 saturated carbocycles. The standard InChI is InChI=1S/C5H7Cl2N3/c1-3(6)4(8)10-5(7)9-2/h2,8H2,1H3/b4-3+,10-5-. The van der Waals surface area contributed by atoms with E-state index in [2.05, 4.69) is 16.7 Å². The van der Waals surface area contributed by atoms with E-state index in [1.165, 1.54) is 0 Å². The zero-order valence-corrected chi connectivity index (χ0v) is 6.95. The predicted octanol–water partition coefficient (Wildman–Crippen LogP) is 1.67. The molecule has 0 aromatic carbocycles. The summed E-state index contributed by atoms with van der Waals surface area (Å²) in [6.45, 7) is 4.74. The van der Waals surface area contributed by atoms with Crippen LogP contribution in [0.15, 0.2) is 20.8 Å². The lowest BCUT2D eigenvalue weighted by Crippen LogP contribution is -1.96. The normalized spacial score (nSPS) is 14.5. The predicted molar refractivity (Wildman–Crippen MR) is 45.6 cm³/mol. The van der Waals surface area contributed by atoms with E-state index in [1.54, 1.807) is 6.92 Å². The van der Waals surface area contributed by atoms with Crippen LogP contribution in [0.1, 0.15) is 6.92 Å². The molecule has 0 saturated heterocycles. The molecular weight excluding hydrogens is 173 g/mol. The summed E-state index contributed by atoms with van der Waals surface area (Å²) < 4.78 is 0. The Kier molecular flexibility index (Phi) is 4.07. The Bertz CT molecular complexity index is 191. The molecule has 2 N–H and O–H groups in total. The zero-order valence-electron chi connectivity index (χ0n) is 5.43. The monoisotopic (exact) mass is 179 g/mol. The van der Waals surface area contributed by atoms with Gasteiger partial charge in [0.15, 0.2) is 0 Å². The van der Waals surface area contributed by atoms with Crippen molar-refractivity contribution in [1.29, 1.82) is 0 Å². The molecule has 5 heteroatoms. The molecule has 0 aliphatic carbocycles. The van der Waals surface area contributed by atoms with E-state index in [1.807, 2.05) is 0 Å². The van der Waals surface area contributed by atoms with E-state index in [-0.39, 0.29) is 11.1 Å². The Morgan fingerprint density at radius 2 is 2.00 bits per heavy atom. The van der Waals surface area contributed by atoms with Crippen molar-refractivity contribution in [3.05, 3.63) is 10.9 Å². The molecule has 0 amide bonds. The molecule has 10 heavy (non-hydrogen) atoms. The van der Waals surface area contributed by atoms with Crippen molar-refractivity contribution in [2.75, 3.05) is 0 Å². The molecule has 56 valence electrons. The first-order valence-corrected chi connectivity index (χ1v) is 3.16. The number of amidine groups is 1. The van der Waals surface area contributed by atoms with Crippen LogP contribution >= 0.6 is 23.2 Å². The van der Waals surface area contributed by atoms with Gasteiger partial charge >= 0.3 is 0 Å². The minimum absolute atomic E-state index is 0.0162. The average Bonchev–Trinajstić information content (AvgIpc) is 1.87. The van der Waals surface area contributed by atoms with Gasteiger partial charge in [0.05, 0.1) is 5.03 Å². The summed E-state index contributed by atoms with van der Waals surface area (Å²) in [5.41, 5.74) is 5.28. The van der Waals surface area contributed by atoms with Gasteiger partial charge in [0.25, 0.3) is 0 Å². The molecule has 0 aliphatic rings. The molecule has 0 fully saturated rings. The van der Waals surface area contributed by atoms with Crippen LogP contribution < -0.4 is 5.73 Å². The fourth-order valence-electron chi connectivity index (χ4n) is 0.212. The van der Waals surface area contributed by atoms with E-state index in [0.717, 1.165) is 0 Å². The zero-order chi connectivity index (χ0) is 8.15. The fourth-order valence-corrected chi connectivity index (χ4v) is 0.345. The molecule has 0 aromatic rings. The molecule has 0 rings (SSSR count). The van der Waals surface area contributed by atoms with Crippen molar-refractivity contribution in [3.8, 4) is 0 Å². The van der Waals surface area contributed by atoms with Gasteiger partial charge in [-0.15, -0.1) is 0 Å². The van der Waals surface area contributed by atoms with Crippen molar-refractivity contribution in [3.63, 3.8) is 0 Å². The lowest BCUT2D eigenvalue weighted by Gasteiger charge is -1.92. The van der Waals surface area contributed by atoms with Crippen LogP contribution in [0, 0.1) is 0 Å². The van der Waals surface area contributed by atoms with E-state index in [4.69, 9.17) is 28.9 Å². The van der Waals surface area contributed by atoms with Crippen LogP contribution in [0.4, 0.5) is 0 Å². The Morgan fingerprint density at radius 3 is 2.30 bits per heavy atom. The largest absolute Gasteiger partial charge is 0.383 e. The van der Waals surface area contributed by atoms with Crippen molar-refractivity contribution in [2.45, 2.75) is 6.92 Å². The first-order chi connectivity index (χ1) is 4.57. The van der Waals surface area contributed by atoms with Crippen LogP contribution in [0.3, 0.4) is 0 Å². The number of halogens is 2. The Morgan fingerprint density at radius 1 is 1.50 bits per heavy atom. The third-order valence-corrected chi connectivity index (χ3v) is 1.09. The van der Waals surface area contributed by atoms with Crippen molar-refractivity contribution >= 4 is 35.2 Å². The Balaban J connectivity index is 4.42. The minimum Gasteiger partial charge on any atom is -0.383 e.